The van der Waals surface area contributed by atoms with Gasteiger partial charge in [-0.1, -0.05) is 54.6 Å². The van der Waals surface area contributed by atoms with Gasteiger partial charge in [-0.05, 0) is 30.5 Å². The number of nitrogens with zero attached hydrogens (tertiary/aromatic N) is 3. The van der Waals surface area contributed by atoms with Crippen molar-refractivity contribution >= 4 is 23.1 Å². The number of rotatable bonds is 9. The molecule has 0 saturated heterocycles. The maximum Gasteiger partial charge on any atom is 0.305 e. The van der Waals surface area contributed by atoms with Gasteiger partial charge in [0.05, 0.1) is 29.7 Å². The Bertz CT molecular complexity index is 1460. The third kappa shape index (κ3) is 5.30. The summed E-state index contributed by atoms with van der Waals surface area (Å²) >= 11 is 0. The molecule has 1 aliphatic carbocycles. The van der Waals surface area contributed by atoms with Gasteiger partial charge in [0.1, 0.15) is 11.5 Å². The molecule has 2 aromatic carbocycles. The number of fused-ring (bicyclic) bond motifs is 1. The van der Waals surface area contributed by atoms with E-state index in [9.17, 15) is 19.4 Å². The highest BCUT2D eigenvalue weighted by Crippen LogP contribution is 2.47. The van der Waals surface area contributed by atoms with Gasteiger partial charge in [0, 0.05) is 36.1 Å². The van der Waals surface area contributed by atoms with Crippen molar-refractivity contribution in [3.63, 3.8) is 0 Å². The van der Waals surface area contributed by atoms with Gasteiger partial charge in [0.2, 0.25) is 0 Å². The van der Waals surface area contributed by atoms with Crippen molar-refractivity contribution in [1.82, 2.24) is 14.8 Å². The highest BCUT2D eigenvalue weighted by Gasteiger charge is 2.31. The number of aromatic nitrogens is 3. The highest BCUT2D eigenvalue weighted by molar-refractivity contribution is 6.06. The first kappa shape index (κ1) is 24.8. The van der Waals surface area contributed by atoms with E-state index in [0.717, 1.165) is 57.5 Å². The Labute approximate surface area is 213 Å². The van der Waals surface area contributed by atoms with E-state index in [-0.39, 0.29) is 18.2 Å². The van der Waals surface area contributed by atoms with Gasteiger partial charge in [-0.3, -0.25) is 4.79 Å². The predicted octanol–water partition coefficient (Wildman–Crippen LogP) is 4.92. The third-order valence-electron chi connectivity index (χ3n) is 6.59. The second-order valence-corrected chi connectivity index (χ2v) is 9.52. The van der Waals surface area contributed by atoms with Crippen LogP contribution in [0.2, 0.25) is 0 Å². The number of carboxylic acids is 1. The van der Waals surface area contributed by atoms with Crippen molar-refractivity contribution in [2.45, 2.75) is 43.8 Å². The first-order valence-electron chi connectivity index (χ1n) is 12.3. The molecule has 0 unspecified atom stereocenters. The van der Waals surface area contributed by atoms with E-state index in [1.54, 1.807) is 29.0 Å². The van der Waals surface area contributed by atoms with E-state index >= 15 is 0 Å². The molecule has 2 atom stereocenters. The standard InChI is InChI=1S/C29H28FN3O4/c1-33-29-26(28(32-33)18-5-3-2-4-6-18)25(17-9-11-20(30)12-10-17)23(27(31-29)19-7-8-19)14-13-21(34)15-22(35)16-24(36)37/h2-6,9-14,19,21-22,34-35H,7-8,15-16H2,1H3,(H,36,37)/b14-13+/t21-,22-/m1/s1. The number of aliphatic hydroxyl groups excluding tert-OH is 2. The third-order valence-corrected chi connectivity index (χ3v) is 6.59. The van der Waals surface area contributed by atoms with E-state index < -0.39 is 24.6 Å². The lowest BCUT2D eigenvalue weighted by molar-refractivity contribution is -0.139. The average Bonchev–Trinajstić information content (AvgIpc) is 3.66. The van der Waals surface area contributed by atoms with Gasteiger partial charge in [-0.2, -0.15) is 5.10 Å². The summed E-state index contributed by atoms with van der Waals surface area (Å²) in [6, 6.07) is 16.1. The van der Waals surface area contributed by atoms with Crippen LogP contribution in [0.15, 0.2) is 60.7 Å². The predicted molar refractivity (Wildman–Crippen MR) is 139 cm³/mol. The van der Waals surface area contributed by atoms with Crippen LogP contribution in [0.1, 0.15) is 42.9 Å². The number of halogens is 1. The van der Waals surface area contributed by atoms with E-state index in [1.807, 2.05) is 37.4 Å². The summed E-state index contributed by atoms with van der Waals surface area (Å²) in [4.78, 5) is 15.9. The van der Waals surface area contributed by atoms with Crippen molar-refractivity contribution in [2.75, 3.05) is 0 Å². The molecule has 8 heteroatoms. The van der Waals surface area contributed by atoms with Gasteiger partial charge in [0.25, 0.3) is 0 Å². The fourth-order valence-electron chi connectivity index (χ4n) is 4.71. The first-order chi connectivity index (χ1) is 17.8. The van der Waals surface area contributed by atoms with Gasteiger partial charge < -0.3 is 15.3 Å². The van der Waals surface area contributed by atoms with Crippen molar-refractivity contribution < 1.29 is 24.5 Å². The van der Waals surface area contributed by atoms with Crippen LogP contribution in [-0.2, 0) is 11.8 Å². The Hall–Kier alpha value is -3.88. The minimum Gasteiger partial charge on any atom is -0.481 e. The van der Waals surface area contributed by atoms with Crippen LogP contribution in [0, 0.1) is 5.82 Å². The molecule has 2 heterocycles. The molecule has 7 nitrogen and oxygen atoms in total. The largest absolute Gasteiger partial charge is 0.481 e. The zero-order valence-corrected chi connectivity index (χ0v) is 20.4. The van der Waals surface area contributed by atoms with Crippen LogP contribution in [0.4, 0.5) is 4.39 Å². The molecule has 0 bridgehead atoms. The quantitative estimate of drug-likeness (QED) is 0.301. The molecule has 1 aliphatic rings. The molecular formula is C29H28FN3O4. The SMILES string of the molecule is Cn1nc(-c2ccccc2)c2c(-c3ccc(F)cc3)c(/C=C/[C@@H](O)C[C@@H](O)CC(=O)O)c(C3CC3)nc21. The molecule has 1 saturated carbocycles. The molecule has 0 aliphatic heterocycles. The zero-order valence-electron chi connectivity index (χ0n) is 20.4. The number of benzene rings is 2. The van der Waals surface area contributed by atoms with E-state index in [0.29, 0.717) is 0 Å². The number of carboxylic acid groups (broad SMARTS) is 1. The lowest BCUT2D eigenvalue weighted by Gasteiger charge is -2.16. The maximum atomic E-state index is 13.9. The average molecular weight is 502 g/mol. The second-order valence-electron chi connectivity index (χ2n) is 9.52. The Morgan fingerprint density at radius 3 is 2.46 bits per heavy atom. The molecule has 4 aromatic rings. The zero-order chi connectivity index (χ0) is 26.1. The topological polar surface area (TPSA) is 108 Å². The molecule has 190 valence electrons. The summed E-state index contributed by atoms with van der Waals surface area (Å²) in [5.74, 6) is -1.21. The summed E-state index contributed by atoms with van der Waals surface area (Å²) in [6.07, 6.45) is 2.57. The number of carbonyl (C=O) groups is 1. The maximum absolute atomic E-state index is 13.9. The number of pyridine rings is 1. The summed E-state index contributed by atoms with van der Waals surface area (Å²) in [6.45, 7) is 0. The molecular weight excluding hydrogens is 473 g/mol. The highest BCUT2D eigenvalue weighted by atomic mass is 19.1. The van der Waals surface area contributed by atoms with Crippen LogP contribution >= 0.6 is 0 Å². The normalized spacial score (nSPS) is 15.4. The second kappa shape index (κ2) is 10.2. The van der Waals surface area contributed by atoms with Crippen molar-refractivity contribution in [3.8, 4) is 22.4 Å². The molecule has 1 fully saturated rings. The minimum atomic E-state index is -1.17. The summed E-state index contributed by atoms with van der Waals surface area (Å²) < 4.78 is 15.7. The smallest absolute Gasteiger partial charge is 0.305 e. The molecule has 0 amide bonds. The number of hydrogen-bond donors (Lipinski definition) is 3. The summed E-state index contributed by atoms with van der Waals surface area (Å²) in [7, 11) is 1.86. The Balaban J connectivity index is 1.72. The van der Waals surface area contributed by atoms with Gasteiger partial charge in [0.15, 0.2) is 5.65 Å². The Morgan fingerprint density at radius 2 is 1.81 bits per heavy atom. The van der Waals surface area contributed by atoms with Crippen molar-refractivity contribution in [2.24, 2.45) is 7.05 Å². The molecule has 3 N–H and O–H groups in total. The lowest BCUT2D eigenvalue weighted by atomic mass is 9.91. The Kier molecular flexibility index (Phi) is 6.86. The Morgan fingerprint density at radius 1 is 1.11 bits per heavy atom. The monoisotopic (exact) mass is 501 g/mol. The number of aryl methyl sites for hydroxylation is 1. The molecule has 2 aromatic heterocycles. The first-order valence-corrected chi connectivity index (χ1v) is 12.3. The van der Waals surface area contributed by atoms with Gasteiger partial charge in [-0.25, -0.2) is 14.1 Å². The fourth-order valence-corrected chi connectivity index (χ4v) is 4.71. The molecule has 0 radical (unpaired) electrons. The minimum absolute atomic E-state index is 0.106. The molecule has 0 spiro atoms. The van der Waals surface area contributed by atoms with Crippen LogP contribution in [-0.4, -0.2) is 48.3 Å². The number of aliphatic hydroxyl groups is 2. The van der Waals surface area contributed by atoms with Crippen LogP contribution in [0.25, 0.3) is 39.5 Å². The summed E-state index contributed by atoms with van der Waals surface area (Å²) in [5.41, 5.74) is 5.70. The van der Waals surface area contributed by atoms with Crippen LogP contribution < -0.4 is 0 Å². The number of aliphatic carboxylic acids is 1. The van der Waals surface area contributed by atoms with Crippen LogP contribution in [0.3, 0.4) is 0 Å². The van der Waals surface area contributed by atoms with Crippen molar-refractivity contribution in [3.05, 3.63) is 77.7 Å². The van der Waals surface area contributed by atoms with Gasteiger partial charge >= 0.3 is 5.97 Å². The fraction of sp³-hybridized carbons (Fsp3) is 0.276. The van der Waals surface area contributed by atoms with Crippen molar-refractivity contribution in [1.29, 1.82) is 0 Å². The summed E-state index contributed by atoms with van der Waals surface area (Å²) in [5, 5.41) is 35.1. The van der Waals surface area contributed by atoms with E-state index in [2.05, 4.69) is 0 Å². The van der Waals surface area contributed by atoms with E-state index in [1.165, 1.54) is 12.1 Å². The number of hydrogen-bond acceptors (Lipinski definition) is 5. The van der Waals surface area contributed by atoms with Crippen LogP contribution in [0.5, 0.6) is 0 Å². The molecule has 5 rings (SSSR count). The van der Waals surface area contributed by atoms with Gasteiger partial charge in [-0.15, -0.1) is 0 Å². The van der Waals surface area contributed by atoms with E-state index in [4.69, 9.17) is 15.2 Å². The molecule has 37 heavy (non-hydrogen) atoms. The lowest BCUT2D eigenvalue weighted by Crippen LogP contribution is -2.19.